The van der Waals surface area contributed by atoms with Gasteiger partial charge in [0.05, 0.1) is 25.8 Å². The number of aryl methyl sites for hydroxylation is 1. The van der Waals surface area contributed by atoms with E-state index >= 15 is 0 Å². The van der Waals surface area contributed by atoms with Crippen LogP contribution in [-0.2, 0) is 24.2 Å². The number of alkyl halides is 2. The molecule has 3 aromatic rings. The van der Waals surface area contributed by atoms with Crippen LogP contribution < -0.4 is 15.4 Å². The summed E-state index contributed by atoms with van der Waals surface area (Å²) in [5, 5.41) is 10.4. The number of ether oxygens (including phenoxy) is 1. The zero-order valence-corrected chi connectivity index (χ0v) is 18.7. The number of anilines is 1. The number of nitrogens with one attached hydrogen (secondary N) is 2. The maximum atomic E-state index is 13.9. The van der Waals surface area contributed by atoms with E-state index in [0.29, 0.717) is 17.9 Å². The van der Waals surface area contributed by atoms with Crippen molar-refractivity contribution in [2.24, 2.45) is 0 Å². The Bertz CT molecular complexity index is 1080. The number of methoxy groups -OCH3 is 1. The molecule has 174 valence electrons. The van der Waals surface area contributed by atoms with E-state index < -0.39 is 12.5 Å². The molecule has 4 rings (SSSR count). The lowest BCUT2D eigenvalue weighted by atomic mass is 9.95. The van der Waals surface area contributed by atoms with Gasteiger partial charge in [-0.2, -0.15) is 5.10 Å². The van der Waals surface area contributed by atoms with Gasteiger partial charge in [-0.25, -0.2) is 13.5 Å². The van der Waals surface area contributed by atoms with Gasteiger partial charge < -0.3 is 15.4 Å². The molecule has 0 saturated heterocycles. The van der Waals surface area contributed by atoms with Crippen LogP contribution in [0.15, 0.2) is 54.7 Å². The van der Waals surface area contributed by atoms with E-state index in [4.69, 9.17) is 4.74 Å². The van der Waals surface area contributed by atoms with E-state index in [9.17, 15) is 13.6 Å². The predicted molar refractivity (Wildman–Crippen MR) is 123 cm³/mol. The predicted octanol–water partition coefficient (Wildman–Crippen LogP) is 4.68. The number of amides is 1. The Morgan fingerprint density at radius 2 is 1.88 bits per heavy atom. The number of benzene rings is 2. The fourth-order valence-corrected chi connectivity index (χ4v) is 4.10. The summed E-state index contributed by atoms with van der Waals surface area (Å²) < 4.78 is 34.2. The van der Waals surface area contributed by atoms with Gasteiger partial charge in [0.2, 0.25) is 5.91 Å². The van der Waals surface area contributed by atoms with Crippen molar-refractivity contribution in [1.29, 1.82) is 0 Å². The number of hydrogen-bond acceptors (Lipinski definition) is 4. The smallest absolute Gasteiger partial charge is 0.260 e. The van der Waals surface area contributed by atoms with E-state index in [-0.39, 0.29) is 24.8 Å². The topological polar surface area (TPSA) is 68.2 Å². The lowest BCUT2D eigenvalue weighted by Gasteiger charge is -2.33. The SMILES string of the molecule is CCc1ccc([C@@H]2C[C@H](C(F)F)n3ncc(CC(=O)NCc4ccc(OC)cc4)c3N2)cc1. The van der Waals surface area contributed by atoms with Crippen LogP contribution in [0.5, 0.6) is 5.75 Å². The third-order valence-electron chi connectivity index (χ3n) is 6.05. The van der Waals surface area contributed by atoms with Gasteiger partial charge in [-0.15, -0.1) is 0 Å². The summed E-state index contributed by atoms with van der Waals surface area (Å²) in [6.07, 6.45) is 0.143. The van der Waals surface area contributed by atoms with Gasteiger partial charge >= 0.3 is 0 Å². The standard InChI is InChI=1S/C25H28F2N4O2/c1-3-16-4-8-18(9-5-16)21-13-22(24(26)27)31-25(30-21)19(15-29-31)12-23(32)28-14-17-6-10-20(33-2)11-7-17/h4-11,15,21-22,24,30H,3,12-14H2,1-2H3,(H,28,32)/t21-,22+/m0/s1. The number of nitrogens with zero attached hydrogens (tertiary/aromatic N) is 2. The van der Waals surface area contributed by atoms with Crippen molar-refractivity contribution in [3.05, 3.63) is 77.0 Å². The molecule has 0 aliphatic carbocycles. The van der Waals surface area contributed by atoms with Crippen LogP contribution in [0.4, 0.5) is 14.6 Å². The first-order valence-electron chi connectivity index (χ1n) is 11.1. The maximum Gasteiger partial charge on any atom is 0.260 e. The van der Waals surface area contributed by atoms with E-state index in [1.165, 1.54) is 16.4 Å². The first-order valence-corrected chi connectivity index (χ1v) is 11.1. The summed E-state index contributed by atoms with van der Waals surface area (Å²) in [5.41, 5.74) is 3.68. The van der Waals surface area contributed by atoms with Crippen molar-refractivity contribution in [1.82, 2.24) is 15.1 Å². The number of fused-ring (bicyclic) bond motifs is 1. The second kappa shape index (κ2) is 10.0. The van der Waals surface area contributed by atoms with Crippen LogP contribution in [-0.4, -0.2) is 29.2 Å². The van der Waals surface area contributed by atoms with E-state index in [2.05, 4.69) is 22.7 Å². The van der Waals surface area contributed by atoms with E-state index in [1.54, 1.807) is 7.11 Å². The highest BCUT2D eigenvalue weighted by Crippen LogP contribution is 2.39. The zero-order valence-electron chi connectivity index (χ0n) is 18.7. The average molecular weight is 455 g/mol. The number of carbonyl (C=O) groups excluding carboxylic acids is 1. The van der Waals surface area contributed by atoms with Crippen LogP contribution in [0.25, 0.3) is 0 Å². The zero-order chi connectivity index (χ0) is 23.4. The van der Waals surface area contributed by atoms with Crippen LogP contribution >= 0.6 is 0 Å². The summed E-state index contributed by atoms with van der Waals surface area (Å²) in [7, 11) is 1.60. The average Bonchev–Trinajstić information content (AvgIpc) is 3.24. The van der Waals surface area contributed by atoms with Crippen LogP contribution in [0, 0.1) is 0 Å². The number of halogens is 2. The molecule has 1 aliphatic rings. The molecule has 0 spiro atoms. The van der Waals surface area contributed by atoms with Gasteiger partial charge in [-0.05, 0) is 41.7 Å². The van der Waals surface area contributed by atoms with Crippen molar-refractivity contribution in [2.75, 3.05) is 12.4 Å². The highest BCUT2D eigenvalue weighted by Gasteiger charge is 2.35. The van der Waals surface area contributed by atoms with Gasteiger partial charge in [-0.1, -0.05) is 43.3 Å². The minimum Gasteiger partial charge on any atom is -0.497 e. The summed E-state index contributed by atoms with van der Waals surface area (Å²) in [6, 6.07) is 14.1. The quantitative estimate of drug-likeness (QED) is 0.519. The largest absolute Gasteiger partial charge is 0.497 e. The van der Waals surface area contributed by atoms with Crippen molar-refractivity contribution in [2.45, 2.75) is 51.2 Å². The van der Waals surface area contributed by atoms with Crippen molar-refractivity contribution in [3.8, 4) is 5.75 Å². The molecule has 2 aromatic carbocycles. The number of rotatable bonds is 8. The Labute approximate surface area is 192 Å². The van der Waals surface area contributed by atoms with E-state index in [1.807, 2.05) is 48.5 Å². The monoisotopic (exact) mass is 454 g/mol. The molecule has 8 heteroatoms. The number of hydrogen-bond donors (Lipinski definition) is 2. The Hall–Kier alpha value is -3.42. The molecule has 2 heterocycles. The number of aromatic nitrogens is 2. The van der Waals surface area contributed by atoms with Crippen molar-refractivity contribution in [3.63, 3.8) is 0 Å². The molecule has 0 bridgehead atoms. The summed E-state index contributed by atoms with van der Waals surface area (Å²) >= 11 is 0. The fourth-order valence-electron chi connectivity index (χ4n) is 4.10. The van der Waals surface area contributed by atoms with Crippen molar-refractivity contribution >= 4 is 11.7 Å². The van der Waals surface area contributed by atoms with Gasteiger partial charge in [0, 0.05) is 12.1 Å². The molecule has 2 atom stereocenters. The Balaban J connectivity index is 1.47. The van der Waals surface area contributed by atoms with Gasteiger partial charge in [-0.3, -0.25) is 4.79 Å². The molecule has 0 saturated carbocycles. The maximum absolute atomic E-state index is 13.9. The highest BCUT2D eigenvalue weighted by atomic mass is 19.3. The second-order valence-electron chi connectivity index (χ2n) is 8.19. The lowest BCUT2D eigenvalue weighted by Crippen LogP contribution is -2.31. The van der Waals surface area contributed by atoms with Crippen LogP contribution in [0.1, 0.15) is 47.7 Å². The molecule has 1 aliphatic heterocycles. The molecular formula is C25H28F2N4O2. The Kier molecular flexibility index (Phi) is 6.91. The molecule has 0 radical (unpaired) electrons. The minimum absolute atomic E-state index is 0.0515. The summed E-state index contributed by atoms with van der Waals surface area (Å²) in [6.45, 7) is 2.44. The molecule has 1 amide bonds. The lowest BCUT2D eigenvalue weighted by molar-refractivity contribution is -0.120. The summed E-state index contributed by atoms with van der Waals surface area (Å²) in [5.74, 6) is 1.03. The molecule has 0 unspecified atom stereocenters. The van der Waals surface area contributed by atoms with Crippen molar-refractivity contribution < 1.29 is 18.3 Å². The molecule has 0 fully saturated rings. The molecule has 33 heavy (non-hydrogen) atoms. The Morgan fingerprint density at radius 1 is 1.18 bits per heavy atom. The first-order chi connectivity index (χ1) is 16.0. The van der Waals surface area contributed by atoms with Crippen LogP contribution in [0.3, 0.4) is 0 Å². The van der Waals surface area contributed by atoms with Crippen LogP contribution in [0.2, 0.25) is 0 Å². The fraction of sp³-hybridized carbons (Fsp3) is 0.360. The summed E-state index contributed by atoms with van der Waals surface area (Å²) in [4.78, 5) is 12.6. The highest BCUT2D eigenvalue weighted by molar-refractivity contribution is 5.80. The number of carbonyl (C=O) groups is 1. The molecular weight excluding hydrogens is 426 g/mol. The third-order valence-corrected chi connectivity index (χ3v) is 6.05. The Morgan fingerprint density at radius 3 is 2.52 bits per heavy atom. The molecule has 1 aromatic heterocycles. The normalized spacial score (nSPS) is 17.4. The third kappa shape index (κ3) is 5.16. The molecule has 6 nitrogen and oxygen atoms in total. The van der Waals surface area contributed by atoms with Gasteiger partial charge in [0.1, 0.15) is 17.6 Å². The first kappa shape index (κ1) is 22.8. The van der Waals surface area contributed by atoms with E-state index in [0.717, 1.165) is 23.3 Å². The van der Waals surface area contributed by atoms with Gasteiger partial charge in [0.25, 0.3) is 6.43 Å². The minimum atomic E-state index is -2.56. The van der Waals surface area contributed by atoms with Gasteiger partial charge in [0.15, 0.2) is 0 Å². The molecule has 2 N–H and O–H groups in total. The second-order valence-corrected chi connectivity index (χ2v) is 8.19.